The Morgan fingerprint density at radius 1 is 1.04 bits per heavy atom. The number of hydrogen-bond donors (Lipinski definition) is 2. The van der Waals surface area contributed by atoms with Gasteiger partial charge in [-0.25, -0.2) is 0 Å². The van der Waals surface area contributed by atoms with Crippen molar-refractivity contribution in [1.82, 2.24) is 0 Å². The molecule has 0 aliphatic rings. The summed E-state index contributed by atoms with van der Waals surface area (Å²) in [6.07, 6.45) is 0.216. The lowest BCUT2D eigenvalue weighted by Gasteiger charge is -2.10. The van der Waals surface area contributed by atoms with E-state index in [0.29, 0.717) is 0 Å². The van der Waals surface area contributed by atoms with Gasteiger partial charge in [0, 0.05) is 6.07 Å². The molecule has 0 heterocycles. The summed E-state index contributed by atoms with van der Waals surface area (Å²) in [5.74, 6) is -0.334. The predicted octanol–water partition coefficient (Wildman–Crippen LogP) is 1.58. The van der Waals surface area contributed by atoms with Gasteiger partial charge in [-0.15, -0.1) is 0 Å². The van der Waals surface area contributed by atoms with Gasteiger partial charge in [-0.3, -0.25) is 9.35 Å². The van der Waals surface area contributed by atoms with E-state index < -0.39 is 25.1 Å². The molecule has 0 radical (unpaired) electrons. The van der Waals surface area contributed by atoms with Gasteiger partial charge in [-0.1, -0.05) is 17.7 Å². The fourth-order valence-electron chi connectivity index (χ4n) is 1.83. The van der Waals surface area contributed by atoms with Crippen LogP contribution in [0.1, 0.15) is 5.56 Å². The predicted molar refractivity (Wildman–Crippen MR) is 84.9 cm³/mol. The number of aryl methyl sites for hydroxylation is 1. The van der Waals surface area contributed by atoms with Crippen molar-refractivity contribution >= 4 is 32.3 Å². The second-order valence-electron chi connectivity index (χ2n) is 4.75. The van der Waals surface area contributed by atoms with Crippen LogP contribution in [0, 0.1) is 6.92 Å². The van der Waals surface area contributed by atoms with E-state index in [1.807, 2.05) is 0 Å². The maximum atomic E-state index is 12.2. The largest absolute Gasteiger partial charge is 0.379 e. The van der Waals surface area contributed by atoms with Crippen LogP contribution in [0.25, 0.3) is 0 Å². The number of carbonyl (C=O) groups is 1. The van der Waals surface area contributed by atoms with E-state index in [2.05, 4.69) is 5.32 Å². The summed E-state index contributed by atoms with van der Waals surface area (Å²) in [7, 11) is -8.88. The lowest BCUT2D eigenvalue weighted by atomic mass is 10.2. The van der Waals surface area contributed by atoms with Crippen molar-refractivity contribution in [2.75, 3.05) is 5.32 Å². The zero-order valence-electron chi connectivity index (χ0n) is 12.3. The van der Waals surface area contributed by atoms with E-state index in [1.54, 1.807) is 19.1 Å². The second-order valence-corrected chi connectivity index (χ2v) is 7.68. The minimum atomic E-state index is -4.70. The van der Waals surface area contributed by atoms with Gasteiger partial charge >= 0.3 is 10.1 Å². The number of amides is 1. The number of hydrogen-bond acceptors (Lipinski definition) is 6. The van der Waals surface area contributed by atoms with Crippen LogP contribution in [0.15, 0.2) is 52.3 Å². The first-order chi connectivity index (χ1) is 11.1. The molecule has 0 bridgehead atoms. The Labute approximate surface area is 139 Å². The fourth-order valence-corrected chi connectivity index (χ4v) is 3.42. The number of benzene rings is 2. The van der Waals surface area contributed by atoms with E-state index in [1.165, 1.54) is 12.1 Å². The third-order valence-electron chi connectivity index (χ3n) is 2.96. The number of nitrogens with one attached hydrogen (secondary N) is 1. The third kappa shape index (κ3) is 4.10. The van der Waals surface area contributed by atoms with Gasteiger partial charge in [-0.05, 0) is 31.2 Å². The van der Waals surface area contributed by atoms with Crippen molar-refractivity contribution in [2.24, 2.45) is 0 Å². The average molecular weight is 371 g/mol. The fraction of sp³-hybridized carbons (Fsp3) is 0.0714. The molecule has 128 valence electrons. The normalized spacial score (nSPS) is 11.8. The first-order valence-electron chi connectivity index (χ1n) is 6.46. The molecule has 8 nitrogen and oxygen atoms in total. The van der Waals surface area contributed by atoms with Crippen LogP contribution in [-0.2, 0) is 25.0 Å². The molecule has 24 heavy (non-hydrogen) atoms. The van der Waals surface area contributed by atoms with Crippen LogP contribution in [0.3, 0.4) is 0 Å². The van der Waals surface area contributed by atoms with Crippen LogP contribution in [0.4, 0.5) is 5.69 Å². The van der Waals surface area contributed by atoms with Gasteiger partial charge in [0.15, 0.2) is 0 Å². The summed E-state index contributed by atoms with van der Waals surface area (Å²) in [5.41, 5.74) is 0.638. The maximum Gasteiger partial charge on any atom is 0.339 e. The van der Waals surface area contributed by atoms with E-state index in [0.717, 1.165) is 23.8 Å². The van der Waals surface area contributed by atoms with Crippen molar-refractivity contribution in [3.63, 3.8) is 0 Å². The molecule has 0 aliphatic carbocycles. The van der Waals surface area contributed by atoms with Crippen LogP contribution >= 0.6 is 0 Å². The molecule has 0 saturated carbocycles. The summed E-state index contributed by atoms with van der Waals surface area (Å²) in [6, 6.07) is 8.89. The summed E-state index contributed by atoms with van der Waals surface area (Å²) < 4.78 is 61.1. The Bertz CT molecular complexity index is 965. The van der Waals surface area contributed by atoms with Crippen LogP contribution < -0.4 is 9.50 Å². The molecular weight excluding hydrogens is 358 g/mol. The quantitative estimate of drug-likeness (QED) is 0.448. The lowest BCUT2D eigenvalue weighted by Crippen LogP contribution is -2.11. The highest BCUT2D eigenvalue weighted by Crippen LogP contribution is 2.28. The Hall–Kier alpha value is -2.43. The summed E-state index contributed by atoms with van der Waals surface area (Å²) in [6.45, 7) is 1.79. The Balaban J connectivity index is 2.43. The zero-order chi connectivity index (χ0) is 18.0. The molecule has 1 amide bonds. The minimum absolute atomic E-state index is 0.114. The standard InChI is InChI=1S/C14H13NO7S2/c1-10-2-5-12(6-3-10)24(20,21)22-11-4-7-13(15-9-16)14(8-11)23(17,18)19/h2-9H,1H3,(H,15,16)(H,17,18,19). The monoisotopic (exact) mass is 371 g/mol. The van der Waals surface area contributed by atoms with Gasteiger partial charge in [0.1, 0.15) is 15.5 Å². The average Bonchev–Trinajstić information content (AvgIpc) is 2.48. The third-order valence-corrected chi connectivity index (χ3v) is 5.12. The smallest absolute Gasteiger partial charge is 0.339 e. The molecule has 2 N–H and O–H groups in total. The van der Waals surface area contributed by atoms with Crippen molar-refractivity contribution < 1.29 is 30.4 Å². The molecule has 2 rings (SSSR count). The summed E-state index contributed by atoms with van der Waals surface area (Å²) in [4.78, 5) is 9.66. The van der Waals surface area contributed by atoms with Gasteiger partial charge in [-0.2, -0.15) is 16.8 Å². The summed E-state index contributed by atoms with van der Waals surface area (Å²) >= 11 is 0. The topological polar surface area (TPSA) is 127 Å². The van der Waals surface area contributed by atoms with Crippen LogP contribution in [0.5, 0.6) is 5.75 Å². The molecule has 10 heteroatoms. The van der Waals surface area contributed by atoms with Crippen molar-refractivity contribution in [3.05, 3.63) is 48.0 Å². The number of rotatable bonds is 6. The molecule has 0 unspecified atom stereocenters. The molecule has 0 fully saturated rings. The first kappa shape index (κ1) is 17.9. The molecule has 0 aliphatic heterocycles. The van der Waals surface area contributed by atoms with Crippen LogP contribution in [-0.4, -0.2) is 27.8 Å². The first-order valence-corrected chi connectivity index (χ1v) is 9.31. The van der Waals surface area contributed by atoms with Gasteiger partial charge < -0.3 is 9.50 Å². The summed E-state index contributed by atoms with van der Waals surface area (Å²) in [5, 5.41) is 2.09. The molecule has 0 spiro atoms. The molecular formula is C14H13NO7S2. The Morgan fingerprint density at radius 2 is 1.67 bits per heavy atom. The minimum Gasteiger partial charge on any atom is -0.379 e. The zero-order valence-corrected chi connectivity index (χ0v) is 14.0. The van der Waals surface area contributed by atoms with Gasteiger partial charge in [0.2, 0.25) is 6.41 Å². The number of carbonyl (C=O) groups excluding carboxylic acids is 1. The van der Waals surface area contributed by atoms with Crippen LogP contribution in [0.2, 0.25) is 0 Å². The van der Waals surface area contributed by atoms with E-state index in [4.69, 9.17) is 4.18 Å². The second kappa shape index (κ2) is 6.59. The van der Waals surface area contributed by atoms with Crippen molar-refractivity contribution in [1.29, 1.82) is 0 Å². The lowest BCUT2D eigenvalue weighted by molar-refractivity contribution is -0.105. The van der Waals surface area contributed by atoms with Gasteiger partial charge in [0.25, 0.3) is 10.1 Å². The van der Waals surface area contributed by atoms with E-state index >= 15 is 0 Å². The number of anilines is 1. The Kier molecular flexibility index (Phi) is 4.92. The molecule has 0 saturated heterocycles. The van der Waals surface area contributed by atoms with Crippen molar-refractivity contribution in [2.45, 2.75) is 16.7 Å². The highest BCUT2D eigenvalue weighted by Gasteiger charge is 2.21. The van der Waals surface area contributed by atoms with Gasteiger partial charge in [0.05, 0.1) is 5.69 Å². The molecule has 0 atom stereocenters. The molecule has 2 aromatic carbocycles. The highest BCUT2D eigenvalue weighted by molar-refractivity contribution is 7.87. The molecule has 0 aromatic heterocycles. The maximum absolute atomic E-state index is 12.2. The van der Waals surface area contributed by atoms with E-state index in [-0.39, 0.29) is 22.7 Å². The Morgan fingerprint density at radius 3 is 2.21 bits per heavy atom. The molecule has 2 aromatic rings. The van der Waals surface area contributed by atoms with E-state index in [9.17, 15) is 26.2 Å². The SMILES string of the molecule is Cc1ccc(S(=O)(=O)Oc2ccc(NC=O)c(S(=O)(=O)O)c2)cc1. The highest BCUT2D eigenvalue weighted by atomic mass is 32.2. The van der Waals surface area contributed by atoms with Crippen molar-refractivity contribution in [3.8, 4) is 5.75 Å².